The van der Waals surface area contributed by atoms with E-state index in [0.29, 0.717) is 11.4 Å². The van der Waals surface area contributed by atoms with Crippen molar-refractivity contribution in [1.29, 1.82) is 0 Å². The van der Waals surface area contributed by atoms with Crippen molar-refractivity contribution in [3.05, 3.63) is 29.8 Å². The Labute approximate surface area is 99.8 Å². The lowest BCUT2D eigenvalue weighted by molar-refractivity contribution is 0.00732. The lowest BCUT2D eigenvalue weighted by atomic mass is 10.1. The smallest absolute Gasteiger partial charge is 0.343 e. The number of carbonyl (C=O) groups is 1. The van der Waals surface area contributed by atoms with E-state index in [0.717, 1.165) is 10.9 Å². The number of nitrogens with one attached hydrogen (secondary N) is 1. The molecule has 0 bridgehead atoms. The van der Waals surface area contributed by atoms with Gasteiger partial charge in [-0.1, -0.05) is 18.2 Å². The molecule has 17 heavy (non-hydrogen) atoms. The number of nitrogens with two attached hydrogens (primary N) is 1. The molecular weight excluding hydrogens is 216 g/mol. The van der Waals surface area contributed by atoms with Gasteiger partial charge in [0.25, 0.3) is 0 Å². The number of carbonyl (C=O) groups excluding carboxylic acids is 1. The minimum Gasteiger partial charge on any atom is -0.456 e. The number of rotatable bonds is 1. The first-order valence-electron chi connectivity index (χ1n) is 5.48. The van der Waals surface area contributed by atoms with Crippen molar-refractivity contribution in [2.45, 2.75) is 26.4 Å². The summed E-state index contributed by atoms with van der Waals surface area (Å²) in [6.45, 7) is 5.49. The van der Waals surface area contributed by atoms with Crippen LogP contribution in [0.15, 0.2) is 24.3 Å². The highest BCUT2D eigenvalue weighted by Crippen LogP contribution is 2.26. The predicted molar refractivity (Wildman–Crippen MR) is 67.9 cm³/mol. The van der Waals surface area contributed by atoms with E-state index in [2.05, 4.69) is 4.98 Å². The molecule has 4 heteroatoms. The molecule has 0 unspecified atom stereocenters. The first-order valence-corrected chi connectivity index (χ1v) is 5.48. The summed E-state index contributed by atoms with van der Waals surface area (Å²) in [5.74, 6) is -0.0482. The summed E-state index contributed by atoms with van der Waals surface area (Å²) in [5, 5.41) is 0.791. The van der Waals surface area contributed by atoms with Crippen molar-refractivity contribution in [2.24, 2.45) is 0 Å². The van der Waals surface area contributed by atoms with Crippen LogP contribution in [0.5, 0.6) is 0 Å². The summed E-state index contributed by atoms with van der Waals surface area (Å²) < 4.78 is 5.33. The van der Waals surface area contributed by atoms with Crippen LogP contribution < -0.4 is 5.73 Å². The van der Waals surface area contributed by atoms with Crippen LogP contribution in [-0.4, -0.2) is 16.6 Å². The number of H-pyrrole nitrogens is 1. The molecule has 2 rings (SSSR count). The molecule has 90 valence electrons. The Hall–Kier alpha value is -1.97. The third-order valence-electron chi connectivity index (χ3n) is 2.34. The van der Waals surface area contributed by atoms with Gasteiger partial charge in [-0.05, 0) is 26.8 Å². The predicted octanol–water partition coefficient (Wildman–Crippen LogP) is 2.71. The fourth-order valence-corrected chi connectivity index (χ4v) is 1.71. The van der Waals surface area contributed by atoms with E-state index >= 15 is 0 Å². The minimum atomic E-state index is -0.526. The highest BCUT2D eigenvalue weighted by Gasteiger charge is 2.23. The zero-order valence-electron chi connectivity index (χ0n) is 10.2. The molecular formula is C13H16N2O2. The van der Waals surface area contributed by atoms with Gasteiger partial charge in [-0.2, -0.15) is 0 Å². The molecule has 1 aromatic heterocycles. The van der Waals surface area contributed by atoms with Crippen LogP contribution in [0.2, 0.25) is 0 Å². The van der Waals surface area contributed by atoms with Gasteiger partial charge in [0.2, 0.25) is 0 Å². The Morgan fingerprint density at radius 3 is 2.59 bits per heavy atom. The minimum absolute atomic E-state index is 0.348. The largest absolute Gasteiger partial charge is 0.456 e. The number of hydrogen-bond donors (Lipinski definition) is 2. The number of anilines is 1. The summed E-state index contributed by atoms with van der Waals surface area (Å²) in [5.41, 5.74) is 6.54. The van der Waals surface area contributed by atoms with Crippen molar-refractivity contribution >= 4 is 22.7 Å². The van der Waals surface area contributed by atoms with Crippen LogP contribution >= 0.6 is 0 Å². The zero-order chi connectivity index (χ0) is 12.6. The average molecular weight is 232 g/mol. The van der Waals surface area contributed by atoms with Gasteiger partial charge in [-0.25, -0.2) is 4.79 Å². The molecule has 0 fully saturated rings. The molecule has 3 N–H and O–H groups in total. The number of ether oxygens (including phenoxy) is 1. The van der Waals surface area contributed by atoms with Crippen molar-refractivity contribution in [3.63, 3.8) is 0 Å². The molecule has 0 amide bonds. The highest BCUT2D eigenvalue weighted by atomic mass is 16.6. The number of para-hydroxylation sites is 1. The summed E-state index contributed by atoms with van der Waals surface area (Å²) in [7, 11) is 0. The molecule has 2 aromatic rings. The molecule has 1 aromatic carbocycles. The SMILES string of the molecule is CC(C)(C)OC(=O)c1c(N)[nH]c2ccccc12. The summed E-state index contributed by atoms with van der Waals surface area (Å²) in [4.78, 5) is 15.0. The van der Waals surface area contributed by atoms with Crippen molar-refractivity contribution in [3.8, 4) is 0 Å². The molecule has 0 aliphatic heterocycles. The topological polar surface area (TPSA) is 68.1 Å². The molecule has 4 nitrogen and oxygen atoms in total. The fraction of sp³-hybridized carbons (Fsp3) is 0.308. The van der Waals surface area contributed by atoms with E-state index in [1.54, 1.807) is 0 Å². The second-order valence-electron chi connectivity index (χ2n) is 4.96. The molecule has 0 saturated heterocycles. The molecule has 0 aliphatic rings. The van der Waals surface area contributed by atoms with Crippen LogP contribution in [0.1, 0.15) is 31.1 Å². The molecule has 1 heterocycles. The molecule has 0 atom stereocenters. The maximum atomic E-state index is 12.0. The first-order chi connectivity index (χ1) is 7.88. The van der Waals surface area contributed by atoms with Crippen molar-refractivity contribution in [2.75, 3.05) is 5.73 Å². The maximum Gasteiger partial charge on any atom is 0.343 e. The van der Waals surface area contributed by atoms with Gasteiger partial charge in [0.15, 0.2) is 0 Å². The molecule has 0 saturated carbocycles. The Kier molecular flexibility index (Phi) is 2.58. The maximum absolute atomic E-state index is 12.0. The number of aromatic nitrogens is 1. The van der Waals surface area contributed by atoms with E-state index in [1.807, 2.05) is 45.0 Å². The van der Waals surface area contributed by atoms with Gasteiger partial charge in [-0.15, -0.1) is 0 Å². The van der Waals surface area contributed by atoms with Gasteiger partial charge >= 0.3 is 5.97 Å². The Bertz CT molecular complexity index is 564. The monoisotopic (exact) mass is 232 g/mol. The number of esters is 1. The Morgan fingerprint density at radius 1 is 1.29 bits per heavy atom. The number of benzene rings is 1. The highest BCUT2D eigenvalue weighted by molar-refractivity contribution is 6.08. The quantitative estimate of drug-likeness (QED) is 0.743. The summed E-state index contributed by atoms with van der Waals surface area (Å²) >= 11 is 0. The number of nitrogen functional groups attached to an aromatic ring is 1. The zero-order valence-corrected chi connectivity index (χ0v) is 10.2. The normalized spacial score (nSPS) is 11.7. The third-order valence-corrected chi connectivity index (χ3v) is 2.34. The van der Waals surface area contributed by atoms with Gasteiger partial charge in [0.1, 0.15) is 17.0 Å². The van der Waals surface area contributed by atoms with Crippen LogP contribution in [0, 0.1) is 0 Å². The van der Waals surface area contributed by atoms with E-state index in [-0.39, 0.29) is 0 Å². The number of aromatic amines is 1. The average Bonchev–Trinajstić information content (AvgIpc) is 2.50. The second kappa shape index (κ2) is 3.80. The number of hydrogen-bond acceptors (Lipinski definition) is 3. The van der Waals surface area contributed by atoms with Gasteiger partial charge in [0, 0.05) is 10.9 Å². The fourth-order valence-electron chi connectivity index (χ4n) is 1.71. The summed E-state index contributed by atoms with van der Waals surface area (Å²) in [6.07, 6.45) is 0. The lowest BCUT2D eigenvalue weighted by Crippen LogP contribution is -2.24. The number of fused-ring (bicyclic) bond motifs is 1. The van der Waals surface area contributed by atoms with Crippen LogP contribution in [0.3, 0.4) is 0 Å². The Balaban J connectivity index is 2.48. The van der Waals surface area contributed by atoms with Gasteiger partial charge in [0.05, 0.1) is 0 Å². The molecule has 0 spiro atoms. The van der Waals surface area contributed by atoms with Crippen LogP contribution in [-0.2, 0) is 4.74 Å². The lowest BCUT2D eigenvalue weighted by Gasteiger charge is -2.19. The Morgan fingerprint density at radius 2 is 1.94 bits per heavy atom. The first kappa shape index (κ1) is 11.5. The standard InChI is InChI=1S/C13H16N2O2/c1-13(2,3)17-12(16)10-8-6-4-5-7-9(8)15-11(10)14/h4-7,15H,14H2,1-3H3. The van der Waals surface area contributed by atoms with Crippen molar-refractivity contribution in [1.82, 2.24) is 4.98 Å². The summed E-state index contributed by atoms with van der Waals surface area (Å²) in [6, 6.07) is 7.47. The molecule has 0 aliphatic carbocycles. The molecule has 0 radical (unpaired) electrons. The second-order valence-corrected chi connectivity index (χ2v) is 4.96. The van der Waals surface area contributed by atoms with E-state index in [4.69, 9.17) is 10.5 Å². The van der Waals surface area contributed by atoms with Crippen LogP contribution in [0.4, 0.5) is 5.82 Å². The van der Waals surface area contributed by atoms with E-state index in [1.165, 1.54) is 0 Å². The van der Waals surface area contributed by atoms with Crippen molar-refractivity contribution < 1.29 is 9.53 Å². The van der Waals surface area contributed by atoms with Crippen LogP contribution in [0.25, 0.3) is 10.9 Å². The van der Waals surface area contributed by atoms with Gasteiger partial charge < -0.3 is 15.5 Å². The third kappa shape index (κ3) is 2.25. The van der Waals surface area contributed by atoms with E-state index in [9.17, 15) is 4.79 Å². The van der Waals surface area contributed by atoms with E-state index < -0.39 is 11.6 Å². The van der Waals surface area contributed by atoms with Gasteiger partial charge in [-0.3, -0.25) is 0 Å².